The fraction of sp³-hybridized carbons (Fsp3) is 0.375. The Bertz CT molecular complexity index is 881. The zero-order valence-electron chi connectivity index (χ0n) is 18.2. The zero-order valence-corrected chi connectivity index (χ0v) is 18.2. The molecule has 0 amide bonds. The minimum atomic E-state index is -0.161. The first-order valence-corrected chi connectivity index (χ1v) is 9.68. The lowest BCUT2D eigenvalue weighted by Crippen LogP contribution is -2.09. The summed E-state index contributed by atoms with van der Waals surface area (Å²) in [6.45, 7) is 9.72. The third kappa shape index (κ3) is 5.76. The fourth-order valence-corrected chi connectivity index (χ4v) is 2.96. The van der Waals surface area contributed by atoms with E-state index in [2.05, 4.69) is 0 Å². The molecule has 0 saturated carbocycles. The number of carbonyl (C=O) groups excluding carboxylic acids is 1. The molecule has 0 bridgehead atoms. The molecule has 5 nitrogen and oxygen atoms in total. The normalized spacial score (nSPS) is 11.2. The Kier molecular flexibility index (Phi) is 7.71. The van der Waals surface area contributed by atoms with Gasteiger partial charge in [-0.25, -0.2) is 0 Å². The number of ether oxygens (including phenoxy) is 4. The highest BCUT2D eigenvalue weighted by Gasteiger charge is 2.16. The van der Waals surface area contributed by atoms with Gasteiger partial charge in [0.2, 0.25) is 0 Å². The Hall–Kier alpha value is -2.95. The molecule has 0 aliphatic heterocycles. The van der Waals surface area contributed by atoms with Crippen molar-refractivity contribution in [3.05, 3.63) is 53.1 Å². The highest BCUT2D eigenvalue weighted by atomic mass is 16.5. The SMILES string of the molecule is COc1ccc(C(=O)C=Cc2ccc(OC(C)C)cc2OC(C)C)c(OC)c1C. The number of allylic oxidation sites excluding steroid dienone is 1. The second kappa shape index (κ2) is 10.0. The number of methoxy groups -OCH3 is 2. The standard InChI is InChI=1S/C24H30O5/c1-15(2)28-19-10-8-18(23(14-19)29-16(3)4)9-12-21(25)20-11-13-22(26-6)17(5)24(20)27-7/h8-16H,1-7H3. The third-order valence-corrected chi connectivity index (χ3v) is 4.18. The van der Waals surface area contributed by atoms with Crippen molar-refractivity contribution in [2.24, 2.45) is 0 Å². The van der Waals surface area contributed by atoms with Crippen LogP contribution in [0.15, 0.2) is 36.4 Å². The molecule has 0 aliphatic carbocycles. The maximum absolute atomic E-state index is 12.8. The summed E-state index contributed by atoms with van der Waals surface area (Å²) < 4.78 is 22.4. The minimum absolute atomic E-state index is 0.00326. The molecule has 29 heavy (non-hydrogen) atoms. The lowest BCUT2D eigenvalue weighted by molar-refractivity contribution is 0.104. The van der Waals surface area contributed by atoms with E-state index in [0.717, 1.165) is 16.9 Å². The number of ketones is 1. The van der Waals surface area contributed by atoms with Gasteiger partial charge >= 0.3 is 0 Å². The van der Waals surface area contributed by atoms with E-state index in [1.165, 1.54) is 6.08 Å². The van der Waals surface area contributed by atoms with Crippen LogP contribution in [0.3, 0.4) is 0 Å². The van der Waals surface area contributed by atoms with Crippen molar-refractivity contribution in [3.63, 3.8) is 0 Å². The van der Waals surface area contributed by atoms with Gasteiger partial charge in [-0.2, -0.15) is 0 Å². The van der Waals surface area contributed by atoms with Gasteiger partial charge in [0.05, 0.1) is 32.0 Å². The molecular weight excluding hydrogens is 368 g/mol. The van der Waals surface area contributed by atoms with Gasteiger partial charge in [0.25, 0.3) is 0 Å². The molecule has 0 N–H and O–H groups in total. The Labute approximate surface area is 173 Å². The highest BCUT2D eigenvalue weighted by molar-refractivity contribution is 6.09. The van der Waals surface area contributed by atoms with E-state index < -0.39 is 0 Å². The molecule has 2 rings (SSSR count). The molecule has 2 aromatic carbocycles. The number of rotatable bonds is 9. The maximum atomic E-state index is 12.8. The van der Waals surface area contributed by atoms with Crippen LogP contribution >= 0.6 is 0 Å². The smallest absolute Gasteiger partial charge is 0.189 e. The van der Waals surface area contributed by atoms with Crippen LogP contribution in [0.2, 0.25) is 0 Å². The molecule has 0 fully saturated rings. The summed E-state index contributed by atoms with van der Waals surface area (Å²) in [5, 5.41) is 0. The van der Waals surface area contributed by atoms with Crippen LogP contribution in [-0.2, 0) is 0 Å². The first-order valence-electron chi connectivity index (χ1n) is 9.68. The van der Waals surface area contributed by atoms with Gasteiger partial charge in [-0.1, -0.05) is 0 Å². The van der Waals surface area contributed by atoms with E-state index in [4.69, 9.17) is 18.9 Å². The van der Waals surface area contributed by atoms with Crippen molar-refractivity contribution >= 4 is 11.9 Å². The molecule has 0 unspecified atom stereocenters. The number of carbonyl (C=O) groups is 1. The molecule has 5 heteroatoms. The number of benzene rings is 2. The largest absolute Gasteiger partial charge is 0.496 e. The van der Waals surface area contributed by atoms with Crippen molar-refractivity contribution in [2.45, 2.75) is 46.8 Å². The molecule has 0 aliphatic rings. The van der Waals surface area contributed by atoms with Crippen LogP contribution < -0.4 is 18.9 Å². The summed E-state index contributed by atoms with van der Waals surface area (Å²) in [6.07, 6.45) is 3.33. The number of hydrogen-bond acceptors (Lipinski definition) is 5. The molecule has 0 atom stereocenters. The first-order chi connectivity index (χ1) is 13.8. The van der Waals surface area contributed by atoms with E-state index in [9.17, 15) is 4.79 Å². The first kappa shape index (κ1) is 22.3. The lowest BCUT2D eigenvalue weighted by Gasteiger charge is -2.16. The van der Waals surface area contributed by atoms with E-state index in [-0.39, 0.29) is 18.0 Å². The molecule has 156 valence electrons. The summed E-state index contributed by atoms with van der Waals surface area (Å²) >= 11 is 0. The second-order valence-electron chi connectivity index (χ2n) is 7.20. The van der Waals surface area contributed by atoms with Crippen molar-refractivity contribution in [3.8, 4) is 23.0 Å². The van der Waals surface area contributed by atoms with Gasteiger partial charge in [-0.05, 0) is 71.0 Å². The molecule has 2 aromatic rings. The van der Waals surface area contributed by atoms with Gasteiger partial charge < -0.3 is 18.9 Å². The monoisotopic (exact) mass is 398 g/mol. The van der Waals surface area contributed by atoms with Crippen LogP contribution in [0.1, 0.15) is 49.2 Å². The molecular formula is C24H30O5. The average Bonchev–Trinajstić information content (AvgIpc) is 2.65. The topological polar surface area (TPSA) is 54.0 Å². The summed E-state index contributed by atoms with van der Waals surface area (Å²) in [4.78, 5) is 12.8. The Morgan fingerprint density at radius 1 is 0.897 bits per heavy atom. The van der Waals surface area contributed by atoms with Gasteiger partial charge in [0.15, 0.2) is 5.78 Å². The Balaban J connectivity index is 2.35. The van der Waals surface area contributed by atoms with Crippen molar-refractivity contribution in [2.75, 3.05) is 14.2 Å². The Morgan fingerprint density at radius 3 is 2.17 bits per heavy atom. The molecule has 0 radical (unpaired) electrons. The van der Waals surface area contributed by atoms with E-state index in [0.29, 0.717) is 22.8 Å². The van der Waals surface area contributed by atoms with Crippen LogP contribution in [0.25, 0.3) is 6.08 Å². The van der Waals surface area contributed by atoms with Gasteiger partial charge in [0, 0.05) is 17.2 Å². The minimum Gasteiger partial charge on any atom is -0.496 e. The van der Waals surface area contributed by atoms with Gasteiger partial charge in [0.1, 0.15) is 23.0 Å². The molecule has 0 spiro atoms. The molecule has 0 saturated heterocycles. The lowest BCUT2D eigenvalue weighted by atomic mass is 10.0. The predicted octanol–water partition coefficient (Wildman–Crippen LogP) is 5.48. The van der Waals surface area contributed by atoms with Crippen LogP contribution in [-0.4, -0.2) is 32.2 Å². The van der Waals surface area contributed by atoms with Gasteiger partial charge in [-0.15, -0.1) is 0 Å². The second-order valence-corrected chi connectivity index (χ2v) is 7.20. The Morgan fingerprint density at radius 2 is 1.59 bits per heavy atom. The zero-order chi connectivity index (χ0) is 21.6. The highest BCUT2D eigenvalue weighted by Crippen LogP contribution is 2.32. The number of hydrogen-bond donors (Lipinski definition) is 0. The summed E-state index contributed by atoms with van der Waals surface area (Å²) in [6, 6.07) is 9.08. The van der Waals surface area contributed by atoms with Crippen LogP contribution in [0.5, 0.6) is 23.0 Å². The quantitative estimate of drug-likeness (QED) is 0.413. The van der Waals surface area contributed by atoms with E-state index >= 15 is 0 Å². The van der Waals surface area contributed by atoms with Crippen molar-refractivity contribution in [1.82, 2.24) is 0 Å². The maximum Gasteiger partial charge on any atom is 0.189 e. The summed E-state index contributed by atoms with van der Waals surface area (Å²) in [7, 11) is 3.14. The predicted molar refractivity (Wildman–Crippen MR) is 116 cm³/mol. The summed E-state index contributed by atoms with van der Waals surface area (Å²) in [5.74, 6) is 2.42. The van der Waals surface area contributed by atoms with Crippen molar-refractivity contribution < 1.29 is 23.7 Å². The summed E-state index contributed by atoms with van der Waals surface area (Å²) in [5.41, 5.74) is 2.06. The third-order valence-electron chi connectivity index (χ3n) is 4.18. The van der Waals surface area contributed by atoms with Gasteiger partial charge in [-0.3, -0.25) is 4.79 Å². The molecule has 0 aromatic heterocycles. The van der Waals surface area contributed by atoms with E-state index in [1.54, 1.807) is 32.4 Å². The molecule has 0 heterocycles. The average molecular weight is 398 g/mol. The van der Waals surface area contributed by atoms with Crippen LogP contribution in [0.4, 0.5) is 0 Å². The van der Waals surface area contributed by atoms with E-state index in [1.807, 2.05) is 52.8 Å². The fourth-order valence-electron chi connectivity index (χ4n) is 2.96. The van der Waals surface area contributed by atoms with Crippen molar-refractivity contribution in [1.29, 1.82) is 0 Å². The van der Waals surface area contributed by atoms with Crippen LogP contribution in [0, 0.1) is 6.92 Å².